The largest absolute Gasteiger partial charge is 0.465 e. The van der Waals surface area contributed by atoms with E-state index < -0.39 is 5.60 Å². The van der Waals surface area contributed by atoms with E-state index in [-0.39, 0.29) is 12.1 Å². The third kappa shape index (κ3) is 5.25. The molecule has 0 spiro atoms. The van der Waals surface area contributed by atoms with Gasteiger partial charge in [0.2, 0.25) is 0 Å². The predicted octanol–water partition coefficient (Wildman–Crippen LogP) is 3.66. The number of hydrogen-bond acceptors (Lipinski definition) is 4. The number of carbonyl (C=O) groups is 2. The first-order valence-electron chi connectivity index (χ1n) is 8.43. The Hall–Kier alpha value is -2.04. The van der Waals surface area contributed by atoms with Gasteiger partial charge in [0.05, 0.1) is 12.7 Å². The van der Waals surface area contributed by atoms with Crippen molar-refractivity contribution in [1.82, 2.24) is 4.90 Å². The van der Waals surface area contributed by atoms with Crippen LogP contribution in [0.3, 0.4) is 0 Å². The number of methoxy groups -OCH3 is 1. The molecule has 0 unspecified atom stereocenters. The highest BCUT2D eigenvalue weighted by Crippen LogP contribution is 2.23. The Labute approximate surface area is 143 Å². The summed E-state index contributed by atoms with van der Waals surface area (Å²) in [5, 5.41) is 0. The fourth-order valence-corrected chi connectivity index (χ4v) is 2.92. The second-order valence-corrected chi connectivity index (χ2v) is 7.31. The zero-order chi connectivity index (χ0) is 17.7. The number of piperidine rings is 1. The third-order valence-corrected chi connectivity index (χ3v) is 4.14. The molecule has 0 aliphatic carbocycles. The minimum atomic E-state index is -0.456. The van der Waals surface area contributed by atoms with Crippen molar-refractivity contribution in [3.63, 3.8) is 0 Å². The van der Waals surface area contributed by atoms with Crippen LogP contribution in [0.4, 0.5) is 4.79 Å². The molecule has 0 bridgehead atoms. The van der Waals surface area contributed by atoms with Crippen molar-refractivity contribution in [3.05, 3.63) is 35.4 Å². The Morgan fingerprint density at radius 3 is 2.46 bits per heavy atom. The van der Waals surface area contributed by atoms with Crippen molar-refractivity contribution < 1.29 is 19.1 Å². The van der Waals surface area contributed by atoms with E-state index in [1.165, 1.54) is 7.11 Å². The van der Waals surface area contributed by atoms with Crippen molar-refractivity contribution in [2.24, 2.45) is 5.92 Å². The Kier molecular flexibility index (Phi) is 5.86. The van der Waals surface area contributed by atoms with Gasteiger partial charge in [-0.05, 0) is 63.6 Å². The molecule has 1 fully saturated rings. The second kappa shape index (κ2) is 7.69. The van der Waals surface area contributed by atoms with E-state index in [4.69, 9.17) is 9.47 Å². The van der Waals surface area contributed by atoms with Gasteiger partial charge in [-0.25, -0.2) is 9.59 Å². The molecule has 1 aliphatic heterocycles. The van der Waals surface area contributed by atoms with Crippen LogP contribution >= 0.6 is 0 Å². The molecule has 2 rings (SSSR count). The van der Waals surface area contributed by atoms with Crippen LogP contribution in [0.1, 0.15) is 49.5 Å². The highest BCUT2D eigenvalue weighted by atomic mass is 16.6. The maximum Gasteiger partial charge on any atom is 0.410 e. The molecule has 0 saturated carbocycles. The van der Waals surface area contributed by atoms with Crippen LogP contribution in [0.5, 0.6) is 0 Å². The molecule has 1 amide bonds. The van der Waals surface area contributed by atoms with Crippen LogP contribution in [0.2, 0.25) is 0 Å². The number of rotatable bonds is 3. The Morgan fingerprint density at radius 1 is 1.21 bits per heavy atom. The standard InChI is InChI=1S/C19H27NO4/c1-19(2,3)24-18(22)20-10-8-14(9-11-20)12-15-6-5-7-16(13-15)17(21)23-4/h5-7,13-14H,8-12H2,1-4H3. The quantitative estimate of drug-likeness (QED) is 0.792. The number of esters is 1. The van der Waals surface area contributed by atoms with Gasteiger partial charge in [0, 0.05) is 13.1 Å². The van der Waals surface area contributed by atoms with Gasteiger partial charge in [0.1, 0.15) is 5.60 Å². The maximum atomic E-state index is 12.1. The average Bonchev–Trinajstić information content (AvgIpc) is 2.53. The Bertz CT molecular complexity index is 583. The molecule has 1 saturated heterocycles. The second-order valence-electron chi connectivity index (χ2n) is 7.31. The minimum absolute atomic E-state index is 0.228. The molecule has 1 aromatic rings. The summed E-state index contributed by atoms with van der Waals surface area (Å²) in [6, 6.07) is 7.58. The number of nitrogens with zero attached hydrogens (tertiary/aromatic N) is 1. The first kappa shape index (κ1) is 18.3. The third-order valence-electron chi connectivity index (χ3n) is 4.14. The van der Waals surface area contributed by atoms with Crippen molar-refractivity contribution in [2.75, 3.05) is 20.2 Å². The van der Waals surface area contributed by atoms with Crippen LogP contribution in [-0.4, -0.2) is 42.8 Å². The van der Waals surface area contributed by atoms with Crippen LogP contribution in [0.15, 0.2) is 24.3 Å². The zero-order valence-corrected chi connectivity index (χ0v) is 15.0. The van der Waals surface area contributed by atoms with Gasteiger partial charge in [-0.3, -0.25) is 0 Å². The van der Waals surface area contributed by atoms with E-state index >= 15 is 0 Å². The van der Waals surface area contributed by atoms with E-state index in [2.05, 4.69) is 0 Å². The molecular weight excluding hydrogens is 306 g/mol. The molecule has 132 valence electrons. The summed E-state index contributed by atoms with van der Waals surface area (Å²) in [5.74, 6) is 0.202. The van der Waals surface area contributed by atoms with Crippen LogP contribution < -0.4 is 0 Å². The molecule has 0 radical (unpaired) electrons. The van der Waals surface area contributed by atoms with Crippen LogP contribution in [-0.2, 0) is 15.9 Å². The molecule has 1 heterocycles. The van der Waals surface area contributed by atoms with E-state index in [0.717, 1.165) is 37.9 Å². The fourth-order valence-electron chi connectivity index (χ4n) is 2.92. The Balaban J connectivity index is 1.87. The minimum Gasteiger partial charge on any atom is -0.465 e. The highest BCUT2D eigenvalue weighted by molar-refractivity contribution is 5.89. The van der Waals surface area contributed by atoms with Crippen molar-refractivity contribution in [1.29, 1.82) is 0 Å². The first-order valence-corrected chi connectivity index (χ1v) is 8.43. The molecule has 5 nitrogen and oxygen atoms in total. The lowest BCUT2D eigenvalue weighted by atomic mass is 9.90. The number of hydrogen-bond donors (Lipinski definition) is 0. The molecule has 0 N–H and O–H groups in total. The smallest absolute Gasteiger partial charge is 0.410 e. The zero-order valence-electron chi connectivity index (χ0n) is 15.0. The molecule has 24 heavy (non-hydrogen) atoms. The van der Waals surface area contributed by atoms with Crippen molar-refractivity contribution >= 4 is 12.1 Å². The molecule has 1 aliphatic rings. The Morgan fingerprint density at radius 2 is 1.88 bits per heavy atom. The highest BCUT2D eigenvalue weighted by Gasteiger charge is 2.26. The topological polar surface area (TPSA) is 55.8 Å². The van der Waals surface area contributed by atoms with E-state index in [9.17, 15) is 9.59 Å². The number of ether oxygens (including phenoxy) is 2. The summed E-state index contributed by atoms with van der Waals surface area (Å²) >= 11 is 0. The van der Waals surface area contributed by atoms with Crippen LogP contribution in [0.25, 0.3) is 0 Å². The van der Waals surface area contributed by atoms with Gasteiger partial charge >= 0.3 is 12.1 Å². The van der Waals surface area contributed by atoms with Gasteiger partial charge in [0.15, 0.2) is 0 Å². The number of benzene rings is 1. The molecule has 0 aromatic heterocycles. The number of carbonyl (C=O) groups excluding carboxylic acids is 2. The lowest BCUT2D eigenvalue weighted by Crippen LogP contribution is -2.42. The van der Waals surface area contributed by atoms with Gasteiger partial charge < -0.3 is 14.4 Å². The normalized spacial score (nSPS) is 15.9. The SMILES string of the molecule is COC(=O)c1cccc(CC2CCN(C(=O)OC(C)(C)C)CC2)c1. The molecular formula is C19H27NO4. The van der Waals surface area contributed by atoms with Crippen molar-refractivity contribution in [3.8, 4) is 0 Å². The van der Waals surface area contributed by atoms with Crippen molar-refractivity contribution in [2.45, 2.75) is 45.6 Å². The lowest BCUT2D eigenvalue weighted by Gasteiger charge is -2.33. The molecule has 1 aromatic carbocycles. The summed E-state index contributed by atoms with van der Waals surface area (Å²) in [7, 11) is 1.39. The summed E-state index contributed by atoms with van der Waals surface area (Å²) < 4.78 is 10.2. The van der Waals surface area contributed by atoms with E-state index in [0.29, 0.717) is 11.5 Å². The summed E-state index contributed by atoms with van der Waals surface area (Å²) in [6.45, 7) is 7.08. The number of amides is 1. The summed E-state index contributed by atoms with van der Waals surface area (Å²) in [6.07, 6.45) is 2.57. The molecule has 0 atom stereocenters. The maximum absolute atomic E-state index is 12.1. The van der Waals surface area contributed by atoms with E-state index in [1.54, 1.807) is 11.0 Å². The molecule has 5 heteroatoms. The summed E-state index contributed by atoms with van der Waals surface area (Å²) in [4.78, 5) is 25.5. The van der Waals surface area contributed by atoms with Gasteiger partial charge in [-0.15, -0.1) is 0 Å². The average molecular weight is 333 g/mol. The first-order chi connectivity index (χ1) is 11.3. The van der Waals surface area contributed by atoms with Gasteiger partial charge in [-0.1, -0.05) is 12.1 Å². The number of likely N-dealkylation sites (tertiary alicyclic amines) is 1. The lowest BCUT2D eigenvalue weighted by molar-refractivity contribution is 0.0184. The van der Waals surface area contributed by atoms with Gasteiger partial charge in [-0.2, -0.15) is 0 Å². The predicted molar refractivity (Wildman–Crippen MR) is 92.0 cm³/mol. The monoisotopic (exact) mass is 333 g/mol. The van der Waals surface area contributed by atoms with Crippen LogP contribution in [0, 0.1) is 5.92 Å². The summed E-state index contributed by atoms with van der Waals surface area (Å²) in [5.41, 5.74) is 1.26. The van der Waals surface area contributed by atoms with E-state index in [1.807, 2.05) is 39.0 Å². The fraction of sp³-hybridized carbons (Fsp3) is 0.579. The van der Waals surface area contributed by atoms with Gasteiger partial charge in [0.25, 0.3) is 0 Å².